The molecule has 0 fully saturated rings. The molecule has 2 atom stereocenters. The van der Waals surface area contributed by atoms with E-state index in [4.69, 9.17) is 14.2 Å². The summed E-state index contributed by atoms with van der Waals surface area (Å²) in [6, 6.07) is 11.0. The number of hydrogen-bond acceptors (Lipinski definition) is 9. The van der Waals surface area contributed by atoms with E-state index in [0.29, 0.717) is 70.2 Å². The minimum absolute atomic E-state index is 0.132. The van der Waals surface area contributed by atoms with E-state index >= 15 is 0 Å². The van der Waals surface area contributed by atoms with Crippen molar-refractivity contribution < 1.29 is 28.9 Å². The van der Waals surface area contributed by atoms with Gasteiger partial charge < -0.3 is 40.3 Å². The van der Waals surface area contributed by atoms with Crippen LogP contribution in [0.5, 0.6) is 17.2 Å². The zero-order valence-electron chi connectivity index (χ0n) is 27.4. The average Bonchev–Trinajstić information content (AvgIpc) is 3.32. The van der Waals surface area contributed by atoms with E-state index in [1.54, 1.807) is 38.5 Å². The van der Waals surface area contributed by atoms with E-state index in [0.717, 1.165) is 11.1 Å². The number of nitrogens with zero attached hydrogens (tertiary/aromatic N) is 1. The summed E-state index contributed by atoms with van der Waals surface area (Å²) < 4.78 is 17.2. The number of amides is 2. The first kappa shape index (κ1) is 33.3. The molecule has 2 unspecified atom stereocenters. The Balaban J connectivity index is 1.57. The molecule has 1 heterocycles. The fourth-order valence-corrected chi connectivity index (χ4v) is 6.16. The number of fused-ring (bicyclic) bond motifs is 4. The van der Waals surface area contributed by atoms with Crippen LogP contribution in [-0.2, 0) is 22.6 Å². The maximum absolute atomic E-state index is 13.9. The Hall–Kier alpha value is -5.10. The van der Waals surface area contributed by atoms with Gasteiger partial charge in [0.15, 0.2) is 11.5 Å². The van der Waals surface area contributed by atoms with Crippen molar-refractivity contribution in [2.45, 2.75) is 58.7 Å². The molecule has 3 aromatic carbocycles. The molecule has 0 saturated carbocycles. The highest BCUT2D eigenvalue weighted by Crippen LogP contribution is 2.50. The molecule has 0 radical (unpaired) electrons. The molecule has 0 spiro atoms. The average molecular weight is 644 g/mol. The Labute approximate surface area is 272 Å². The number of rotatable bonds is 11. The van der Waals surface area contributed by atoms with E-state index in [2.05, 4.69) is 25.9 Å². The van der Waals surface area contributed by atoms with Gasteiger partial charge >= 0.3 is 0 Å². The van der Waals surface area contributed by atoms with Crippen LogP contribution in [0.25, 0.3) is 22.2 Å². The van der Waals surface area contributed by atoms with Gasteiger partial charge in [-0.3, -0.25) is 14.4 Å². The number of aryl methyl sites for hydroxylation is 1. The molecule has 0 bridgehead atoms. The summed E-state index contributed by atoms with van der Waals surface area (Å²) in [6.07, 6.45) is 1.56. The van der Waals surface area contributed by atoms with Crippen molar-refractivity contribution in [3.8, 4) is 28.4 Å². The van der Waals surface area contributed by atoms with Crippen molar-refractivity contribution in [3.05, 3.63) is 69.6 Å². The Morgan fingerprint density at radius 2 is 1.81 bits per heavy atom. The number of benzene rings is 2. The number of aliphatic hydroxyl groups excluding tert-OH is 1. The molecule has 1 aliphatic carbocycles. The summed E-state index contributed by atoms with van der Waals surface area (Å²) in [5.74, 6) is 1.41. The second-order valence-electron chi connectivity index (χ2n) is 12.0. The van der Waals surface area contributed by atoms with Crippen LogP contribution in [0.15, 0.2) is 47.3 Å². The standard InChI is InChI=1S/C35H41N5O7/c1-18(2)13-28(35(44)37-21-8-11-25-27(15-21)40-31(17-41)39-25)38-26-12-9-22-23(16-29(26)43)24(36-19(3)42)10-7-20-14-30(45-4)33(46-5)34(47-6)32(20)22/h8-9,11-12,14-16,18,24,28,41H,7,10,13,17H2,1-6H3,(H,36,42)(H,37,44)(H,38,43)(H,39,40). The molecule has 248 valence electrons. The minimum atomic E-state index is -0.743. The third-order valence-corrected chi connectivity index (χ3v) is 8.22. The Morgan fingerprint density at radius 1 is 1.04 bits per heavy atom. The zero-order chi connectivity index (χ0) is 33.8. The number of anilines is 2. The highest BCUT2D eigenvalue weighted by atomic mass is 16.5. The predicted molar refractivity (Wildman–Crippen MR) is 180 cm³/mol. The lowest BCUT2D eigenvalue weighted by Crippen LogP contribution is -2.37. The van der Waals surface area contributed by atoms with Gasteiger partial charge in [-0.15, -0.1) is 0 Å². The maximum atomic E-state index is 13.9. The number of nitrogens with one attached hydrogen (secondary N) is 4. The number of aliphatic hydroxyl groups is 1. The number of carbonyl (C=O) groups is 2. The third-order valence-electron chi connectivity index (χ3n) is 8.22. The van der Waals surface area contributed by atoms with Gasteiger partial charge in [-0.25, -0.2) is 4.98 Å². The fourth-order valence-electron chi connectivity index (χ4n) is 6.16. The van der Waals surface area contributed by atoms with Crippen LogP contribution in [0.1, 0.15) is 56.6 Å². The van der Waals surface area contributed by atoms with Gasteiger partial charge in [0.1, 0.15) is 18.5 Å². The smallest absolute Gasteiger partial charge is 0.246 e. The van der Waals surface area contributed by atoms with E-state index in [9.17, 15) is 19.5 Å². The first-order valence-electron chi connectivity index (χ1n) is 15.5. The van der Waals surface area contributed by atoms with Crippen molar-refractivity contribution in [3.63, 3.8) is 0 Å². The summed E-state index contributed by atoms with van der Waals surface area (Å²) in [4.78, 5) is 47.2. The number of H-pyrrole nitrogens is 1. The summed E-state index contributed by atoms with van der Waals surface area (Å²) in [5, 5.41) is 18.6. The molecular formula is C35H41N5O7. The number of aromatic nitrogens is 2. The SMILES string of the molecule is COc1cc2c(c(OC)c1OC)-c1ccc(NC(CC(C)C)C(=O)Nc3ccc4nc(CO)[nH]c4c3)c(=O)cc1C(NC(C)=O)CC2. The second kappa shape index (κ2) is 14.1. The van der Waals surface area contributed by atoms with E-state index in [1.165, 1.54) is 20.1 Å². The third kappa shape index (κ3) is 7.02. The monoisotopic (exact) mass is 643 g/mol. The number of imidazole rings is 1. The lowest BCUT2D eigenvalue weighted by Gasteiger charge is -2.20. The Morgan fingerprint density at radius 3 is 2.47 bits per heavy atom. The number of carbonyl (C=O) groups excluding carboxylic acids is 2. The normalized spacial score (nSPS) is 14.4. The lowest BCUT2D eigenvalue weighted by atomic mass is 9.95. The van der Waals surface area contributed by atoms with E-state index in [-0.39, 0.29) is 35.5 Å². The van der Waals surface area contributed by atoms with Gasteiger partial charge in [-0.2, -0.15) is 0 Å². The van der Waals surface area contributed by atoms with E-state index < -0.39 is 12.1 Å². The molecule has 2 amide bonds. The molecular weight excluding hydrogens is 602 g/mol. The maximum Gasteiger partial charge on any atom is 0.246 e. The van der Waals surface area contributed by atoms with Crippen LogP contribution in [-0.4, -0.2) is 54.3 Å². The van der Waals surface area contributed by atoms with Gasteiger partial charge in [0, 0.05) is 18.2 Å². The molecule has 0 saturated heterocycles. The number of aromatic amines is 1. The Bertz CT molecular complexity index is 1870. The van der Waals surface area contributed by atoms with Gasteiger partial charge in [0.2, 0.25) is 23.0 Å². The second-order valence-corrected chi connectivity index (χ2v) is 12.0. The summed E-state index contributed by atoms with van der Waals surface area (Å²) in [6.45, 7) is 5.23. The van der Waals surface area contributed by atoms with Gasteiger partial charge in [0.25, 0.3) is 0 Å². The van der Waals surface area contributed by atoms with Crippen LogP contribution in [0.2, 0.25) is 0 Å². The van der Waals surface area contributed by atoms with Crippen molar-refractivity contribution >= 4 is 34.2 Å². The van der Waals surface area contributed by atoms with Gasteiger partial charge in [-0.1, -0.05) is 19.9 Å². The lowest BCUT2D eigenvalue weighted by molar-refractivity contribution is -0.120. The minimum Gasteiger partial charge on any atom is -0.493 e. The van der Waals surface area contributed by atoms with Crippen LogP contribution in [0.4, 0.5) is 11.4 Å². The van der Waals surface area contributed by atoms with Crippen molar-refractivity contribution in [2.75, 3.05) is 32.0 Å². The van der Waals surface area contributed by atoms with Gasteiger partial charge in [-0.05, 0) is 78.3 Å². The molecule has 47 heavy (non-hydrogen) atoms. The van der Waals surface area contributed by atoms with Gasteiger partial charge in [0.05, 0.1) is 44.1 Å². The molecule has 0 aliphatic heterocycles. The molecule has 5 rings (SSSR count). The topological polar surface area (TPSA) is 164 Å². The van der Waals surface area contributed by atoms with Crippen molar-refractivity contribution in [2.24, 2.45) is 5.92 Å². The van der Waals surface area contributed by atoms with Crippen LogP contribution in [0, 0.1) is 5.92 Å². The first-order chi connectivity index (χ1) is 22.6. The highest BCUT2D eigenvalue weighted by Gasteiger charge is 2.30. The van der Waals surface area contributed by atoms with Crippen LogP contribution in [0.3, 0.4) is 0 Å². The number of hydrogen-bond donors (Lipinski definition) is 5. The zero-order valence-corrected chi connectivity index (χ0v) is 27.4. The first-order valence-corrected chi connectivity index (χ1v) is 15.5. The van der Waals surface area contributed by atoms with Crippen molar-refractivity contribution in [1.29, 1.82) is 0 Å². The van der Waals surface area contributed by atoms with E-state index in [1.807, 2.05) is 26.0 Å². The largest absolute Gasteiger partial charge is 0.493 e. The fraction of sp³-hybridized carbons (Fsp3) is 0.371. The molecule has 4 aromatic rings. The summed E-state index contributed by atoms with van der Waals surface area (Å²) in [5.41, 5.74) is 4.77. The van der Waals surface area contributed by atoms with Crippen molar-refractivity contribution in [1.82, 2.24) is 15.3 Å². The predicted octanol–water partition coefficient (Wildman–Crippen LogP) is 4.70. The molecule has 12 heteroatoms. The molecule has 1 aliphatic rings. The summed E-state index contributed by atoms with van der Waals surface area (Å²) >= 11 is 0. The van der Waals surface area contributed by atoms with Crippen LogP contribution >= 0.6 is 0 Å². The summed E-state index contributed by atoms with van der Waals surface area (Å²) in [7, 11) is 4.64. The highest BCUT2D eigenvalue weighted by molar-refractivity contribution is 5.98. The quantitative estimate of drug-likeness (QED) is 0.156. The Kier molecular flexibility index (Phi) is 10.00. The van der Waals surface area contributed by atoms with Crippen LogP contribution < -0.4 is 35.6 Å². The number of methoxy groups -OCH3 is 3. The molecule has 5 N–H and O–H groups in total. The molecule has 1 aromatic heterocycles. The molecule has 12 nitrogen and oxygen atoms in total. The number of ether oxygens (including phenoxy) is 3.